The maximum atomic E-state index is 10.8. The minimum atomic E-state index is -0.108. The zero-order valence-corrected chi connectivity index (χ0v) is 7.19. The summed E-state index contributed by atoms with van der Waals surface area (Å²) in [6.45, 7) is 1.47. The Balaban J connectivity index is 2.51. The summed E-state index contributed by atoms with van der Waals surface area (Å²) in [5, 5.41) is 0. The average molecular weight is 175 g/mol. The Kier molecular flexibility index (Phi) is 1.73. The van der Waals surface area contributed by atoms with Gasteiger partial charge in [0.1, 0.15) is 6.33 Å². The minimum Gasteiger partial charge on any atom is -0.274 e. The molecule has 0 saturated carbocycles. The molecule has 66 valence electrons. The summed E-state index contributed by atoms with van der Waals surface area (Å²) in [5.41, 5.74) is 4.42. The second-order valence-corrected chi connectivity index (χ2v) is 2.77. The Morgan fingerprint density at radius 2 is 2.23 bits per heavy atom. The SMILES string of the molecule is CC(=O)Nn1cnc2ccccc21. The number of carbonyl (C=O) groups excluding carboxylic acids is 1. The molecular weight excluding hydrogens is 166 g/mol. The van der Waals surface area contributed by atoms with Crippen LogP contribution >= 0.6 is 0 Å². The van der Waals surface area contributed by atoms with Crippen LogP contribution in [0.1, 0.15) is 6.92 Å². The Bertz CT molecular complexity index is 447. The van der Waals surface area contributed by atoms with E-state index in [0.29, 0.717) is 0 Å². The van der Waals surface area contributed by atoms with Gasteiger partial charge in [0.15, 0.2) is 0 Å². The quantitative estimate of drug-likeness (QED) is 0.706. The van der Waals surface area contributed by atoms with Gasteiger partial charge in [0.2, 0.25) is 5.91 Å². The van der Waals surface area contributed by atoms with Crippen LogP contribution in [-0.4, -0.2) is 15.6 Å². The van der Waals surface area contributed by atoms with Crippen LogP contribution in [0.3, 0.4) is 0 Å². The standard InChI is InChI=1S/C9H9N3O/c1-7(13)11-12-6-10-8-4-2-3-5-9(8)12/h2-6H,1H3,(H,11,13). The Hall–Kier alpha value is -1.84. The van der Waals surface area contributed by atoms with Crippen LogP contribution in [-0.2, 0) is 4.79 Å². The molecular formula is C9H9N3O. The molecule has 4 nitrogen and oxygen atoms in total. The fraction of sp³-hybridized carbons (Fsp3) is 0.111. The number of benzene rings is 1. The summed E-state index contributed by atoms with van der Waals surface area (Å²) in [6.07, 6.45) is 1.59. The lowest BCUT2D eigenvalue weighted by Gasteiger charge is -2.02. The van der Waals surface area contributed by atoms with Crippen molar-refractivity contribution in [3.8, 4) is 0 Å². The molecule has 1 N–H and O–H groups in total. The van der Waals surface area contributed by atoms with Crippen LogP contribution in [0.5, 0.6) is 0 Å². The van der Waals surface area contributed by atoms with Crippen molar-refractivity contribution >= 4 is 16.9 Å². The molecule has 1 amide bonds. The van der Waals surface area contributed by atoms with Crippen molar-refractivity contribution in [2.45, 2.75) is 6.92 Å². The third-order valence-electron chi connectivity index (χ3n) is 1.73. The molecule has 0 bridgehead atoms. The third kappa shape index (κ3) is 1.38. The first-order valence-corrected chi connectivity index (χ1v) is 3.97. The van der Waals surface area contributed by atoms with E-state index in [-0.39, 0.29) is 5.91 Å². The zero-order valence-electron chi connectivity index (χ0n) is 7.19. The third-order valence-corrected chi connectivity index (χ3v) is 1.73. The maximum absolute atomic E-state index is 10.8. The number of rotatable bonds is 1. The summed E-state index contributed by atoms with van der Waals surface area (Å²) < 4.78 is 1.61. The molecule has 1 aromatic heterocycles. The Morgan fingerprint density at radius 3 is 3.00 bits per heavy atom. The van der Waals surface area contributed by atoms with E-state index < -0.39 is 0 Å². The summed E-state index contributed by atoms with van der Waals surface area (Å²) in [5.74, 6) is -0.108. The van der Waals surface area contributed by atoms with Gasteiger partial charge in [-0.2, -0.15) is 0 Å². The van der Waals surface area contributed by atoms with Gasteiger partial charge >= 0.3 is 0 Å². The van der Waals surface area contributed by atoms with E-state index in [1.165, 1.54) is 6.92 Å². The predicted octanol–water partition coefficient (Wildman–Crippen LogP) is 1.13. The maximum Gasteiger partial charge on any atom is 0.235 e. The van der Waals surface area contributed by atoms with E-state index in [1.54, 1.807) is 11.0 Å². The molecule has 2 rings (SSSR count). The lowest BCUT2D eigenvalue weighted by atomic mass is 10.3. The number of hydrogen-bond donors (Lipinski definition) is 1. The van der Waals surface area contributed by atoms with E-state index >= 15 is 0 Å². The van der Waals surface area contributed by atoms with Gasteiger partial charge in [-0.1, -0.05) is 12.1 Å². The summed E-state index contributed by atoms with van der Waals surface area (Å²) in [6, 6.07) is 7.61. The lowest BCUT2D eigenvalue weighted by molar-refractivity contribution is -0.115. The van der Waals surface area contributed by atoms with Crippen LogP contribution in [0.2, 0.25) is 0 Å². The van der Waals surface area contributed by atoms with Crippen molar-refractivity contribution in [3.63, 3.8) is 0 Å². The molecule has 0 saturated heterocycles. The molecule has 1 aromatic carbocycles. The van der Waals surface area contributed by atoms with Crippen molar-refractivity contribution in [2.24, 2.45) is 0 Å². The van der Waals surface area contributed by atoms with E-state index in [4.69, 9.17) is 0 Å². The first kappa shape index (κ1) is 7.79. The smallest absolute Gasteiger partial charge is 0.235 e. The number of amides is 1. The van der Waals surface area contributed by atoms with Crippen LogP contribution in [0, 0.1) is 0 Å². The van der Waals surface area contributed by atoms with E-state index in [0.717, 1.165) is 11.0 Å². The van der Waals surface area contributed by atoms with E-state index in [2.05, 4.69) is 10.4 Å². The lowest BCUT2D eigenvalue weighted by Crippen LogP contribution is -2.18. The number of hydrogen-bond acceptors (Lipinski definition) is 2. The molecule has 0 radical (unpaired) electrons. The highest BCUT2D eigenvalue weighted by Gasteiger charge is 2.00. The second kappa shape index (κ2) is 2.90. The monoisotopic (exact) mass is 175 g/mol. The van der Waals surface area contributed by atoms with Crippen LogP contribution in [0.15, 0.2) is 30.6 Å². The number of aromatic nitrogens is 2. The molecule has 2 aromatic rings. The highest BCUT2D eigenvalue weighted by molar-refractivity contribution is 5.84. The van der Waals surface area contributed by atoms with Gasteiger partial charge < -0.3 is 0 Å². The molecule has 0 fully saturated rings. The molecule has 0 aliphatic carbocycles. The van der Waals surface area contributed by atoms with Crippen molar-refractivity contribution in [2.75, 3.05) is 5.43 Å². The number of para-hydroxylation sites is 2. The van der Waals surface area contributed by atoms with Crippen molar-refractivity contribution < 1.29 is 4.79 Å². The van der Waals surface area contributed by atoms with E-state index in [9.17, 15) is 4.79 Å². The Morgan fingerprint density at radius 1 is 1.46 bits per heavy atom. The Labute approximate surface area is 75.2 Å². The molecule has 0 spiro atoms. The van der Waals surface area contributed by atoms with Crippen LogP contribution < -0.4 is 5.43 Å². The van der Waals surface area contributed by atoms with Gasteiger partial charge in [-0.3, -0.25) is 10.2 Å². The fourth-order valence-corrected chi connectivity index (χ4v) is 1.22. The van der Waals surface area contributed by atoms with Gasteiger partial charge in [-0.15, -0.1) is 0 Å². The normalized spacial score (nSPS) is 10.2. The second-order valence-electron chi connectivity index (χ2n) is 2.77. The summed E-state index contributed by atoms with van der Waals surface area (Å²) >= 11 is 0. The largest absolute Gasteiger partial charge is 0.274 e. The first-order valence-electron chi connectivity index (χ1n) is 3.97. The fourth-order valence-electron chi connectivity index (χ4n) is 1.22. The van der Waals surface area contributed by atoms with Crippen molar-refractivity contribution in [1.29, 1.82) is 0 Å². The number of carbonyl (C=O) groups is 1. The van der Waals surface area contributed by atoms with Crippen LogP contribution in [0.4, 0.5) is 0 Å². The molecule has 0 unspecified atom stereocenters. The molecule has 4 heteroatoms. The van der Waals surface area contributed by atoms with Crippen LogP contribution in [0.25, 0.3) is 11.0 Å². The molecule has 0 aliphatic heterocycles. The highest BCUT2D eigenvalue weighted by Crippen LogP contribution is 2.09. The average Bonchev–Trinajstić information content (AvgIpc) is 2.48. The molecule has 13 heavy (non-hydrogen) atoms. The minimum absolute atomic E-state index is 0.108. The number of fused-ring (bicyclic) bond motifs is 1. The summed E-state index contributed by atoms with van der Waals surface area (Å²) in [7, 11) is 0. The first-order chi connectivity index (χ1) is 6.27. The van der Waals surface area contributed by atoms with Gasteiger partial charge in [0.25, 0.3) is 0 Å². The topological polar surface area (TPSA) is 46.9 Å². The molecule has 0 atom stereocenters. The van der Waals surface area contributed by atoms with Gasteiger partial charge in [0, 0.05) is 6.92 Å². The van der Waals surface area contributed by atoms with Gasteiger partial charge in [-0.05, 0) is 12.1 Å². The van der Waals surface area contributed by atoms with Crippen molar-refractivity contribution in [3.05, 3.63) is 30.6 Å². The van der Waals surface area contributed by atoms with Gasteiger partial charge in [0.05, 0.1) is 11.0 Å². The summed E-state index contributed by atoms with van der Waals surface area (Å²) in [4.78, 5) is 14.9. The van der Waals surface area contributed by atoms with E-state index in [1.807, 2.05) is 24.3 Å². The van der Waals surface area contributed by atoms with Crippen molar-refractivity contribution in [1.82, 2.24) is 9.66 Å². The zero-order chi connectivity index (χ0) is 9.26. The molecule has 0 aliphatic rings. The molecule has 1 heterocycles. The number of nitrogens with one attached hydrogen (secondary N) is 1. The number of nitrogens with zero attached hydrogens (tertiary/aromatic N) is 2. The number of imidazole rings is 1. The highest BCUT2D eigenvalue weighted by atomic mass is 16.2. The predicted molar refractivity (Wildman–Crippen MR) is 49.8 cm³/mol. The van der Waals surface area contributed by atoms with Gasteiger partial charge in [-0.25, -0.2) is 9.66 Å².